The summed E-state index contributed by atoms with van der Waals surface area (Å²) in [5.74, 6) is 2.05. The number of rotatable bonds is 7. The highest BCUT2D eigenvalue weighted by atomic mass is 32.2. The van der Waals surface area contributed by atoms with Gasteiger partial charge in [-0.05, 0) is 45.0 Å². The van der Waals surface area contributed by atoms with Crippen LogP contribution in [0.2, 0.25) is 0 Å². The van der Waals surface area contributed by atoms with E-state index in [1.807, 2.05) is 54.5 Å². The number of hydrogen-bond donors (Lipinski definition) is 0. The molecule has 0 aliphatic carbocycles. The van der Waals surface area contributed by atoms with Crippen LogP contribution in [0.15, 0.2) is 29.4 Å². The molecule has 23 heavy (non-hydrogen) atoms. The second-order valence-electron chi connectivity index (χ2n) is 4.92. The lowest BCUT2D eigenvalue weighted by molar-refractivity contribution is -0.127. The van der Waals surface area contributed by atoms with Gasteiger partial charge in [0.1, 0.15) is 11.6 Å². The highest BCUT2D eigenvalue weighted by Gasteiger charge is 2.15. The number of aromatic nitrogens is 3. The van der Waals surface area contributed by atoms with Crippen molar-refractivity contribution >= 4 is 17.7 Å². The van der Waals surface area contributed by atoms with Gasteiger partial charge in [-0.2, -0.15) is 0 Å². The minimum atomic E-state index is 0.113. The molecule has 0 aliphatic heterocycles. The Morgan fingerprint density at radius 2 is 1.87 bits per heavy atom. The summed E-state index contributed by atoms with van der Waals surface area (Å²) in [6, 6.07) is 7.69. The maximum Gasteiger partial charge on any atom is 0.233 e. The van der Waals surface area contributed by atoms with Gasteiger partial charge < -0.3 is 9.64 Å². The number of carbonyl (C=O) groups excluding carboxylic acids is 1. The van der Waals surface area contributed by atoms with Crippen molar-refractivity contribution in [1.29, 1.82) is 0 Å². The molecule has 0 atom stereocenters. The normalized spacial score (nSPS) is 10.6. The summed E-state index contributed by atoms with van der Waals surface area (Å²) >= 11 is 1.41. The average molecular weight is 334 g/mol. The van der Waals surface area contributed by atoms with Crippen LogP contribution in [-0.4, -0.2) is 51.5 Å². The van der Waals surface area contributed by atoms with Crippen LogP contribution in [0.4, 0.5) is 0 Å². The highest BCUT2D eigenvalue weighted by molar-refractivity contribution is 7.99. The second kappa shape index (κ2) is 8.01. The van der Waals surface area contributed by atoms with Gasteiger partial charge in [-0.25, -0.2) is 0 Å². The van der Waals surface area contributed by atoms with Crippen molar-refractivity contribution in [3.63, 3.8) is 0 Å². The van der Waals surface area contributed by atoms with Crippen molar-refractivity contribution in [1.82, 2.24) is 19.7 Å². The van der Waals surface area contributed by atoms with Crippen molar-refractivity contribution in [2.45, 2.75) is 25.9 Å². The van der Waals surface area contributed by atoms with Gasteiger partial charge in [-0.3, -0.25) is 9.36 Å². The first-order valence-corrected chi connectivity index (χ1v) is 8.56. The molecule has 0 radical (unpaired) electrons. The number of nitrogens with zero attached hydrogens (tertiary/aromatic N) is 4. The van der Waals surface area contributed by atoms with Crippen molar-refractivity contribution in [3.8, 4) is 11.4 Å². The molecule has 2 rings (SSSR count). The minimum Gasteiger partial charge on any atom is -0.497 e. The summed E-state index contributed by atoms with van der Waals surface area (Å²) in [5.41, 5.74) is 0.950. The number of hydrogen-bond acceptors (Lipinski definition) is 5. The molecule has 0 N–H and O–H groups in total. The Morgan fingerprint density at radius 3 is 2.43 bits per heavy atom. The van der Waals surface area contributed by atoms with E-state index >= 15 is 0 Å². The standard InChI is InChI=1S/C16H22N4O2S/c1-5-19(6-2)15(21)11-23-16-18-17-12(3)20(16)13-7-9-14(22-4)10-8-13/h7-10H,5-6,11H2,1-4H3. The first-order chi connectivity index (χ1) is 11.1. The average Bonchev–Trinajstić information content (AvgIpc) is 2.95. The van der Waals surface area contributed by atoms with Crippen molar-refractivity contribution < 1.29 is 9.53 Å². The van der Waals surface area contributed by atoms with Crippen LogP contribution in [-0.2, 0) is 4.79 Å². The molecule has 1 aromatic carbocycles. The summed E-state index contributed by atoms with van der Waals surface area (Å²) in [5, 5.41) is 9.04. The lowest BCUT2D eigenvalue weighted by Gasteiger charge is -2.18. The molecule has 124 valence electrons. The minimum absolute atomic E-state index is 0.113. The summed E-state index contributed by atoms with van der Waals surface area (Å²) in [4.78, 5) is 14.0. The van der Waals surface area contributed by atoms with Crippen LogP contribution in [0.3, 0.4) is 0 Å². The van der Waals surface area contributed by atoms with Crippen LogP contribution in [0.1, 0.15) is 19.7 Å². The van der Waals surface area contributed by atoms with Crippen molar-refractivity contribution in [2.24, 2.45) is 0 Å². The molecule has 7 heteroatoms. The lowest BCUT2D eigenvalue weighted by atomic mass is 10.3. The van der Waals surface area contributed by atoms with Gasteiger partial charge in [0, 0.05) is 18.8 Å². The number of methoxy groups -OCH3 is 1. The number of amides is 1. The van der Waals surface area contributed by atoms with Gasteiger partial charge in [-0.1, -0.05) is 11.8 Å². The van der Waals surface area contributed by atoms with E-state index < -0.39 is 0 Å². The predicted octanol–water partition coefficient (Wildman–Crippen LogP) is 2.54. The molecule has 0 aliphatic rings. The lowest BCUT2D eigenvalue weighted by Crippen LogP contribution is -2.31. The number of benzene rings is 1. The molecule has 0 saturated heterocycles. The molecular formula is C16H22N4O2S. The molecule has 6 nitrogen and oxygen atoms in total. The molecule has 2 aromatic rings. The van der Waals surface area contributed by atoms with E-state index in [1.165, 1.54) is 11.8 Å². The first-order valence-electron chi connectivity index (χ1n) is 7.57. The van der Waals surface area contributed by atoms with Crippen LogP contribution in [0.5, 0.6) is 5.75 Å². The second-order valence-corrected chi connectivity index (χ2v) is 5.86. The third kappa shape index (κ3) is 4.04. The smallest absolute Gasteiger partial charge is 0.233 e. The van der Waals surface area contributed by atoms with E-state index in [0.717, 1.165) is 30.4 Å². The van der Waals surface area contributed by atoms with Gasteiger partial charge in [0.25, 0.3) is 0 Å². The van der Waals surface area contributed by atoms with Gasteiger partial charge >= 0.3 is 0 Å². The predicted molar refractivity (Wildman–Crippen MR) is 91.3 cm³/mol. The fraction of sp³-hybridized carbons (Fsp3) is 0.438. The summed E-state index contributed by atoms with van der Waals surface area (Å²) < 4.78 is 7.13. The maximum atomic E-state index is 12.1. The maximum absolute atomic E-state index is 12.1. The highest BCUT2D eigenvalue weighted by Crippen LogP contribution is 2.23. The molecule has 1 amide bonds. The SMILES string of the molecule is CCN(CC)C(=O)CSc1nnc(C)n1-c1ccc(OC)cc1. The van der Waals surface area contributed by atoms with Crippen LogP contribution in [0.25, 0.3) is 5.69 Å². The van der Waals surface area contributed by atoms with Gasteiger partial charge in [-0.15, -0.1) is 10.2 Å². The molecule has 0 saturated carbocycles. The van der Waals surface area contributed by atoms with E-state index in [4.69, 9.17) is 4.74 Å². The fourth-order valence-corrected chi connectivity index (χ4v) is 3.16. The Hall–Kier alpha value is -2.02. The summed E-state index contributed by atoms with van der Waals surface area (Å²) in [6.45, 7) is 7.31. The van der Waals surface area contributed by atoms with E-state index in [0.29, 0.717) is 10.9 Å². The van der Waals surface area contributed by atoms with E-state index in [-0.39, 0.29) is 5.91 Å². The molecule has 0 fully saturated rings. The van der Waals surface area contributed by atoms with E-state index in [2.05, 4.69) is 10.2 Å². The largest absolute Gasteiger partial charge is 0.497 e. The molecule has 0 bridgehead atoms. The quantitative estimate of drug-likeness (QED) is 0.728. The molecule has 0 spiro atoms. The van der Waals surface area contributed by atoms with E-state index in [1.54, 1.807) is 7.11 Å². The molecular weight excluding hydrogens is 312 g/mol. The number of ether oxygens (including phenoxy) is 1. The van der Waals surface area contributed by atoms with Crippen LogP contribution in [0, 0.1) is 6.92 Å². The van der Waals surface area contributed by atoms with Gasteiger partial charge in [0.2, 0.25) is 5.91 Å². The van der Waals surface area contributed by atoms with Gasteiger partial charge in [0.05, 0.1) is 12.9 Å². The topological polar surface area (TPSA) is 60.2 Å². The number of aryl methyl sites for hydroxylation is 1. The molecule has 0 unspecified atom stereocenters. The van der Waals surface area contributed by atoms with Gasteiger partial charge in [0.15, 0.2) is 5.16 Å². The van der Waals surface area contributed by atoms with Crippen molar-refractivity contribution in [3.05, 3.63) is 30.1 Å². The summed E-state index contributed by atoms with van der Waals surface area (Å²) in [7, 11) is 1.64. The Balaban J connectivity index is 2.16. The zero-order chi connectivity index (χ0) is 16.8. The zero-order valence-electron chi connectivity index (χ0n) is 13.9. The Labute approximate surface area is 140 Å². The van der Waals surface area contributed by atoms with Crippen LogP contribution < -0.4 is 4.74 Å². The first kappa shape index (κ1) is 17.3. The monoisotopic (exact) mass is 334 g/mol. The summed E-state index contributed by atoms with van der Waals surface area (Å²) in [6.07, 6.45) is 0. The van der Waals surface area contributed by atoms with E-state index in [9.17, 15) is 4.79 Å². The number of thioether (sulfide) groups is 1. The Morgan fingerprint density at radius 1 is 1.22 bits per heavy atom. The Kier molecular flexibility index (Phi) is 6.04. The third-order valence-electron chi connectivity index (χ3n) is 3.57. The van der Waals surface area contributed by atoms with Crippen molar-refractivity contribution in [2.75, 3.05) is 26.0 Å². The molecule has 1 aromatic heterocycles. The third-order valence-corrected chi connectivity index (χ3v) is 4.48. The fourth-order valence-electron chi connectivity index (χ4n) is 2.26. The molecule has 1 heterocycles. The number of carbonyl (C=O) groups is 1. The van der Waals surface area contributed by atoms with Crippen LogP contribution >= 0.6 is 11.8 Å². The zero-order valence-corrected chi connectivity index (χ0v) is 14.8. The Bertz CT molecular complexity index is 651.